The number of rotatable bonds is 4. The predicted molar refractivity (Wildman–Crippen MR) is 85.2 cm³/mol. The largest absolute Gasteiger partial charge is 0.381 e. The SMILES string of the molecule is Cc1noc(C)c1CNc1ccc(-c2ccccc2)cc1. The lowest BCUT2D eigenvalue weighted by Gasteiger charge is -2.07. The van der Waals surface area contributed by atoms with Crippen molar-refractivity contribution in [2.45, 2.75) is 20.4 Å². The zero-order chi connectivity index (χ0) is 14.7. The normalized spacial score (nSPS) is 10.6. The molecule has 2 aromatic carbocycles. The van der Waals surface area contributed by atoms with Crippen LogP contribution < -0.4 is 5.32 Å². The molecule has 3 aromatic rings. The first-order valence-electron chi connectivity index (χ1n) is 7.05. The van der Waals surface area contributed by atoms with Crippen LogP contribution in [-0.4, -0.2) is 5.16 Å². The van der Waals surface area contributed by atoms with Crippen LogP contribution in [0, 0.1) is 13.8 Å². The second-order valence-electron chi connectivity index (χ2n) is 5.10. The number of nitrogens with one attached hydrogen (secondary N) is 1. The van der Waals surface area contributed by atoms with E-state index >= 15 is 0 Å². The minimum absolute atomic E-state index is 0.728. The van der Waals surface area contributed by atoms with E-state index in [1.807, 2.05) is 19.9 Å². The van der Waals surface area contributed by atoms with Gasteiger partial charge in [-0.25, -0.2) is 0 Å². The van der Waals surface area contributed by atoms with Gasteiger partial charge in [0.05, 0.1) is 5.69 Å². The molecule has 0 aliphatic carbocycles. The summed E-state index contributed by atoms with van der Waals surface area (Å²) in [6.45, 7) is 4.63. The Morgan fingerprint density at radius 1 is 0.905 bits per heavy atom. The molecule has 0 unspecified atom stereocenters. The first-order chi connectivity index (χ1) is 10.2. The summed E-state index contributed by atoms with van der Waals surface area (Å²) in [5.74, 6) is 0.876. The average molecular weight is 278 g/mol. The number of hydrogen-bond acceptors (Lipinski definition) is 3. The summed E-state index contributed by atoms with van der Waals surface area (Å²) in [7, 11) is 0. The maximum absolute atomic E-state index is 5.17. The third-order valence-electron chi connectivity index (χ3n) is 3.64. The van der Waals surface area contributed by atoms with Gasteiger partial charge in [0, 0.05) is 17.8 Å². The fourth-order valence-corrected chi connectivity index (χ4v) is 2.36. The van der Waals surface area contributed by atoms with Gasteiger partial charge in [-0.3, -0.25) is 0 Å². The van der Waals surface area contributed by atoms with E-state index in [2.05, 4.69) is 59.0 Å². The molecule has 0 saturated carbocycles. The van der Waals surface area contributed by atoms with Crippen molar-refractivity contribution in [3.05, 3.63) is 71.6 Å². The van der Waals surface area contributed by atoms with E-state index in [1.165, 1.54) is 11.1 Å². The van der Waals surface area contributed by atoms with Crippen LogP contribution in [0.25, 0.3) is 11.1 Å². The molecule has 3 heteroatoms. The fourth-order valence-electron chi connectivity index (χ4n) is 2.36. The smallest absolute Gasteiger partial charge is 0.138 e. The number of anilines is 1. The molecule has 21 heavy (non-hydrogen) atoms. The van der Waals surface area contributed by atoms with Crippen LogP contribution in [0.15, 0.2) is 59.1 Å². The van der Waals surface area contributed by atoms with Gasteiger partial charge in [0.1, 0.15) is 5.76 Å². The highest BCUT2D eigenvalue weighted by Gasteiger charge is 2.08. The van der Waals surface area contributed by atoms with Crippen molar-refractivity contribution >= 4 is 5.69 Å². The molecule has 0 aliphatic heterocycles. The van der Waals surface area contributed by atoms with Gasteiger partial charge in [0.15, 0.2) is 0 Å². The Morgan fingerprint density at radius 3 is 2.19 bits per heavy atom. The van der Waals surface area contributed by atoms with Crippen LogP contribution in [0.5, 0.6) is 0 Å². The zero-order valence-electron chi connectivity index (χ0n) is 12.3. The highest BCUT2D eigenvalue weighted by Crippen LogP contribution is 2.22. The van der Waals surface area contributed by atoms with Crippen molar-refractivity contribution in [3.8, 4) is 11.1 Å². The first kappa shape index (κ1) is 13.4. The zero-order valence-corrected chi connectivity index (χ0v) is 12.3. The van der Waals surface area contributed by atoms with E-state index in [0.717, 1.165) is 29.2 Å². The van der Waals surface area contributed by atoms with Gasteiger partial charge >= 0.3 is 0 Å². The van der Waals surface area contributed by atoms with Crippen molar-refractivity contribution in [1.82, 2.24) is 5.16 Å². The molecule has 0 saturated heterocycles. The van der Waals surface area contributed by atoms with E-state index in [9.17, 15) is 0 Å². The molecule has 3 rings (SSSR count). The first-order valence-corrected chi connectivity index (χ1v) is 7.05. The fraction of sp³-hybridized carbons (Fsp3) is 0.167. The molecular weight excluding hydrogens is 260 g/mol. The van der Waals surface area contributed by atoms with Crippen LogP contribution >= 0.6 is 0 Å². The molecular formula is C18H18N2O. The monoisotopic (exact) mass is 278 g/mol. The molecule has 0 atom stereocenters. The van der Waals surface area contributed by atoms with Gasteiger partial charge in [0.2, 0.25) is 0 Å². The Balaban J connectivity index is 1.71. The summed E-state index contributed by atoms with van der Waals surface area (Å²) in [6.07, 6.45) is 0. The van der Waals surface area contributed by atoms with Gasteiger partial charge in [-0.05, 0) is 37.1 Å². The lowest BCUT2D eigenvalue weighted by molar-refractivity contribution is 0.392. The maximum Gasteiger partial charge on any atom is 0.138 e. The van der Waals surface area contributed by atoms with Crippen LogP contribution in [-0.2, 0) is 6.54 Å². The van der Waals surface area contributed by atoms with Crippen LogP contribution in [0.4, 0.5) is 5.69 Å². The minimum atomic E-state index is 0.728. The molecule has 0 radical (unpaired) electrons. The highest BCUT2D eigenvalue weighted by molar-refractivity contribution is 5.65. The second-order valence-corrected chi connectivity index (χ2v) is 5.10. The van der Waals surface area contributed by atoms with E-state index < -0.39 is 0 Å². The maximum atomic E-state index is 5.17. The lowest BCUT2D eigenvalue weighted by Crippen LogP contribution is -2.01. The van der Waals surface area contributed by atoms with Crippen LogP contribution in [0.3, 0.4) is 0 Å². The Bertz CT molecular complexity index is 695. The second kappa shape index (κ2) is 5.83. The molecule has 3 nitrogen and oxygen atoms in total. The molecule has 0 aliphatic rings. The van der Waals surface area contributed by atoms with Crippen LogP contribution in [0.1, 0.15) is 17.0 Å². The summed E-state index contributed by atoms with van der Waals surface area (Å²) in [6, 6.07) is 18.8. The number of hydrogen-bond donors (Lipinski definition) is 1. The number of aryl methyl sites for hydroxylation is 2. The predicted octanol–water partition coefficient (Wildman–Crippen LogP) is 4.57. The Labute approximate surface area is 124 Å². The van der Waals surface area contributed by atoms with E-state index in [4.69, 9.17) is 4.52 Å². The van der Waals surface area contributed by atoms with E-state index in [1.54, 1.807) is 0 Å². The molecule has 1 N–H and O–H groups in total. The van der Waals surface area contributed by atoms with Crippen molar-refractivity contribution in [3.63, 3.8) is 0 Å². The third-order valence-corrected chi connectivity index (χ3v) is 3.64. The Morgan fingerprint density at radius 2 is 1.57 bits per heavy atom. The summed E-state index contributed by atoms with van der Waals surface area (Å²) in [5.41, 5.74) is 5.62. The molecule has 0 amide bonds. The summed E-state index contributed by atoms with van der Waals surface area (Å²) in [5, 5.41) is 7.37. The third kappa shape index (κ3) is 2.97. The lowest BCUT2D eigenvalue weighted by atomic mass is 10.1. The molecule has 0 fully saturated rings. The molecule has 0 bridgehead atoms. The quantitative estimate of drug-likeness (QED) is 0.759. The standard InChI is InChI=1S/C18H18N2O/c1-13-18(14(2)21-20-13)12-19-17-10-8-16(9-11-17)15-6-4-3-5-7-15/h3-11,19H,12H2,1-2H3. The summed E-state index contributed by atoms with van der Waals surface area (Å²) < 4.78 is 5.17. The Kier molecular flexibility index (Phi) is 3.73. The van der Waals surface area contributed by atoms with Crippen LogP contribution in [0.2, 0.25) is 0 Å². The highest BCUT2D eigenvalue weighted by atomic mass is 16.5. The molecule has 1 aromatic heterocycles. The number of aromatic nitrogens is 1. The van der Waals surface area contributed by atoms with Crippen molar-refractivity contribution < 1.29 is 4.52 Å². The van der Waals surface area contributed by atoms with Crippen molar-refractivity contribution in [2.24, 2.45) is 0 Å². The van der Waals surface area contributed by atoms with Crippen molar-refractivity contribution in [2.75, 3.05) is 5.32 Å². The van der Waals surface area contributed by atoms with Gasteiger partial charge in [0.25, 0.3) is 0 Å². The van der Waals surface area contributed by atoms with E-state index in [-0.39, 0.29) is 0 Å². The average Bonchev–Trinajstić information content (AvgIpc) is 2.85. The van der Waals surface area contributed by atoms with Gasteiger partial charge in [-0.15, -0.1) is 0 Å². The summed E-state index contributed by atoms with van der Waals surface area (Å²) in [4.78, 5) is 0. The molecule has 1 heterocycles. The minimum Gasteiger partial charge on any atom is -0.381 e. The van der Waals surface area contributed by atoms with Gasteiger partial charge < -0.3 is 9.84 Å². The number of benzene rings is 2. The molecule has 0 spiro atoms. The van der Waals surface area contributed by atoms with E-state index in [0.29, 0.717) is 0 Å². The Hall–Kier alpha value is -2.55. The number of nitrogens with zero attached hydrogens (tertiary/aromatic N) is 1. The molecule has 106 valence electrons. The van der Waals surface area contributed by atoms with Gasteiger partial charge in [-0.1, -0.05) is 47.6 Å². The topological polar surface area (TPSA) is 38.1 Å². The summed E-state index contributed by atoms with van der Waals surface area (Å²) >= 11 is 0. The van der Waals surface area contributed by atoms with Crippen molar-refractivity contribution in [1.29, 1.82) is 0 Å². The van der Waals surface area contributed by atoms with Gasteiger partial charge in [-0.2, -0.15) is 0 Å².